The molecule has 0 aliphatic rings. The highest BCUT2D eigenvalue weighted by atomic mass is 32.2. The Morgan fingerprint density at radius 2 is 1.53 bits per heavy atom. The van der Waals surface area contributed by atoms with Crippen LogP contribution in [0.5, 0.6) is 11.5 Å². The first kappa shape index (κ1) is 25.5. The lowest BCUT2D eigenvalue weighted by atomic mass is 10.1. The van der Waals surface area contributed by atoms with Crippen molar-refractivity contribution < 1.29 is 30.7 Å². The van der Waals surface area contributed by atoms with Gasteiger partial charge in [-0.25, -0.2) is 17.8 Å². The van der Waals surface area contributed by atoms with Gasteiger partial charge in [0.05, 0.1) is 21.7 Å². The van der Waals surface area contributed by atoms with Crippen LogP contribution in [0, 0.1) is 5.82 Å². The van der Waals surface area contributed by atoms with Crippen LogP contribution in [0.4, 0.5) is 17.6 Å². The second-order valence-electron chi connectivity index (χ2n) is 8.68. The lowest BCUT2D eigenvalue weighted by Gasteiger charge is -2.13. The van der Waals surface area contributed by atoms with Gasteiger partial charge in [-0.3, -0.25) is 4.57 Å². The number of alkyl halides is 3. The average molecular weight is 541 g/mol. The van der Waals surface area contributed by atoms with Gasteiger partial charge in [-0.1, -0.05) is 30.3 Å². The Bertz CT molecular complexity index is 1740. The normalized spacial score (nSPS) is 12.1. The minimum atomic E-state index is -4.61. The molecule has 0 N–H and O–H groups in total. The molecule has 0 saturated carbocycles. The summed E-state index contributed by atoms with van der Waals surface area (Å²) in [5.74, 6) is 0.520. The molecule has 1 heterocycles. The number of hydrogen-bond acceptors (Lipinski definition) is 4. The molecule has 38 heavy (non-hydrogen) atoms. The third-order valence-corrected chi connectivity index (χ3v) is 6.99. The first-order chi connectivity index (χ1) is 18.0. The van der Waals surface area contributed by atoms with E-state index in [0.29, 0.717) is 22.8 Å². The highest BCUT2D eigenvalue weighted by Gasteiger charge is 2.34. The van der Waals surface area contributed by atoms with Crippen LogP contribution in [0.25, 0.3) is 16.7 Å². The van der Waals surface area contributed by atoms with Gasteiger partial charge in [-0.2, -0.15) is 13.2 Å². The molecule has 5 nitrogen and oxygen atoms in total. The smallest absolute Gasteiger partial charge is 0.418 e. The van der Waals surface area contributed by atoms with E-state index in [2.05, 4.69) is 4.98 Å². The van der Waals surface area contributed by atoms with Gasteiger partial charge in [-0.15, -0.1) is 0 Å². The number of aromatic nitrogens is 2. The zero-order valence-electron chi connectivity index (χ0n) is 19.9. The van der Waals surface area contributed by atoms with E-state index in [1.807, 2.05) is 0 Å². The van der Waals surface area contributed by atoms with E-state index in [0.717, 1.165) is 12.3 Å². The molecule has 0 atom stereocenters. The predicted molar refractivity (Wildman–Crippen MR) is 135 cm³/mol. The van der Waals surface area contributed by atoms with E-state index in [1.54, 1.807) is 59.2 Å². The van der Waals surface area contributed by atoms with Gasteiger partial charge < -0.3 is 4.74 Å². The standard InChI is InChI=1S/C28H20F4N2O3S/c1-38(35,36)23-8-3-7-22(17-23)37-21-6-2-5-20(16-21)34-25-10-4-9-24(28(30,31)32)27(25)33-26(34)15-18-11-13-19(29)14-12-18/h2-14,16-17H,15H2,1H3. The van der Waals surface area contributed by atoms with Gasteiger partial charge in [0.1, 0.15) is 28.7 Å². The lowest BCUT2D eigenvalue weighted by molar-refractivity contribution is -0.136. The molecule has 10 heteroatoms. The van der Waals surface area contributed by atoms with Gasteiger partial charge >= 0.3 is 6.18 Å². The van der Waals surface area contributed by atoms with Crippen LogP contribution in [-0.2, 0) is 22.4 Å². The number of imidazole rings is 1. The molecule has 0 spiro atoms. The van der Waals surface area contributed by atoms with E-state index in [1.165, 1.54) is 30.3 Å². The molecule has 0 unspecified atom stereocenters. The number of halogens is 4. The van der Waals surface area contributed by atoms with Crippen molar-refractivity contribution in [3.8, 4) is 17.2 Å². The predicted octanol–water partition coefficient (Wildman–Crippen LogP) is 6.97. The van der Waals surface area contributed by atoms with Gasteiger partial charge in [0.2, 0.25) is 0 Å². The van der Waals surface area contributed by atoms with Crippen LogP contribution in [0.15, 0.2) is 95.9 Å². The molecule has 0 aliphatic heterocycles. The average Bonchev–Trinajstić information content (AvgIpc) is 3.22. The fourth-order valence-electron chi connectivity index (χ4n) is 4.16. The summed E-state index contributed by atoms with van der Waals surface area (Å²) in [5, 5.41) is 0. The Hall–Kier alpha value is -4.18. The third-order valence-electron chi connectivity index (χ3n) is 5.88. The van der Waals surface area contributed by atoms with Crippen molar-refractivity contribution in [1.82, 2.24) is 9.55 Å². The van der Waals surface area contributed by atoms with E-state index < -0.39 is 27.4 Å². The maximum absolute atomic E-state index is 13.8. The van der Waals surface area contributed by atoms with Gasteiger partial charge in [0.25, 0.3) is 0 Å². The van der Waals surface area contributed by atoms with Crippen LogP contribution in [-0.4, -0.2) is 24.2 Å². The number of para-hydroxylation sites is 1. The van der Waals surface area contributed by atoms with E-state index >= 15 is 0 Å². The van der Waals surface area contributed by atoms with Crippen molar-refractivity contribution in [1.29, 1.82) is 0 Å². The van der Waals surface area contributed by atoms with Crippen molar-refractivity contribution in [3.63, 3.8) is 0 Å². The largest absolute Gasteiger partial charge is 0.457 e. The first-order valence-electron chi connectivity index (χ1n) is 11.4. The molecular weight excluding hydrogens is 520 g/mol. The summed E-state index contributed by atoms with van der Waals surface area (Å²) in [4.78, 5) is 4.46. The minimum absolute atomic E-state index is 0.0908. The fraction of sp³-hybridized carbons (Fsp3) is 0.107. The Kier molecular flexibility index (Phi) is 6.44. The molecule has 194 valence electrons. The number of ether oxygens (including phenoxy) is 1. The summed E-state index contributed by atoms with van der Waals surface area (Å²) in [5.41, 5.74) is 0.332. The number of hydrogen-bond donors (Lipinski definition) is 0. The van der Waals surface area contributed by atoms with E-state index in [4.69, 9.17) is 4.74 Å². The van der Waals surface area contributed by atoms with Crippen molar-refractivity contribution >= 4 is 20.9 Å². The first-order valence-corrected chi connectivity index (χ1v) is 13.3. The molecule has 0 radical (unpaired) electrons. The Balaban J connectivity index is 1.62. The molecule has 4 aromatic carbocycles. The van der Waals surface area contributed by atoms with Crippen LogP contribution in [0.1, 0.15) is 17.0 Å². The molecule has 0 saturated heterocycles. The Morgan fingerprint density at radius 3 is 2.21 bits per heavy atom. The number of sulfone groups is 1. The van der Waals surface area contributed by atoms with E-state index in [9.17, 15) is 26.0 Å². The zero-order valence-corrected chi connectivity index (χ0v) is 20.7. The third kappa shape index (κ3) is 5.26. The van der Waals surface area contributed by atoms with Gasteiger partial charge in [0.15, 0.2) is 9.84 Å². The fourth-order valence-corrected chi connectivity index (χ4v) is 4.81. The highest BCUT2D eigenvalue weighted by Crippen LogP contribution is 2.36. The second-order valence-corrected chi connectivity index (χ2v) is 10.7. The minimum Gasteiger partial charge on any atom is -0.457 e. The lowest BCUT2D eigenvalue weighted by Crippen LogP contribution is -2.05. The van der Waals surface area contributed by atoms with Crippen molar-refractivity contribution in [2.45, 2.75) is 17.5 Å². The molecule has 0 amide bonds. The summed E-state index contributed by atoms with van der Waals surface area (Å²) < 4.78 is 86.2. The number of fused-ring (bicyclic) bond motifs is 1. The van der Waals surface area contributed by atoms with Crippen LogP contribution >= 0.6 is 0 Å². The van der Waals surface area contributed by atoms with Gasteiger partial charge in [0, 0.05) is 18.7 Å². The summed E-state index contributed by atoms with van der Waals surface area (Å²) in [6.07, 6.45) is -3.37. The van der Waals surface area contributed by atoms with Crippen molar-refractivity contribution in [2.75, 3.05) is 6.26 Å². The summed E-state index contributed by atoms with van der Waals surface area (Å²) >= 11 is 0. The summed E-state index contributed by atoms with van der Waals surface area (Å²) in [6.45, 7) is 0. The van der Waals surface area contributed by atoms with Crippen molar-refractivity contribution in [3.05, 3.63) is 114 Å². The Labute approximate surface area is 215 Å². The van der Waals surface area contributed by atoms with Gasteiger partial charge in [-0.05, 0) is 60.2 Å². The van der Waals surface area contributed by atoms with Crippen LogP contribution in [0.2, 0.25) is 0 Å². The molecule has 1 aromatic heterocycles. The van der Waals surface area contributed by atoms with Crippen LogP contribution < -0.4 is 4.74 Å². The Morgan fingerprint density at radius 1 is 0.868 bits per heavy atom. The van der Waals surface area contributed by atoms with Crippen LogP contribution in [0.3, 0.4) is 0 Å². The monoisotopic (exact) mass is 540 g/mol. The number of nitrogens with zero attached hydrogens (tertiary/aromatic N) is 2. The molecule has 0 aliphatic carbocycles. The summed E-state index contributed by atoms with van der Waals surface area (Å²) in [7, 11) is -3.45. The molecular formula is C28H20F4N2O3S. The number of benzene rings is 4. The molecule has 0 fully saturated rings. The number of rotatable bonds is 6. The molecule has 5 rings (SSSR count). The quantitative estimate of drug-likeness (QED) is 0.218. The maximum Gasteiger partial charge on any atom is 0.418 e. The maximum atomic E-state index is 13.8. The SMILES string of the molecule is CS(=O)(=O)c1cccc(Oc2cccc(-n3c(Cc4ccc(F)cc4)nc4c(C(F)(F)F)cccc43)c2)c1. The second kappa shape index (κ2) is 9.60. The molecule has 5 aromatic rings. The topological polar surface area (TPSA) is 61.2 Å². The zero-order chi connectivity index (χ0) is 27.1. The highest BCUT2D eigenvalue weighted by molar-refractivity contribution is 7.90. The van der Waals surface area contributed by atoms with E-state index in [-0.39, 0.29) is 28.1 Å². The molecule has 0 bridgehead atoms. The summed E-state index contributed by atoms with van der Waals surface area (Å²) in [6, 6.07) is 22.2. The van der Waals surface area contributed by atoms with Crippen molar-refractivity contribution in [2.24, 2.45) is 0 Å².